The minimum atomic E-state index is -3.72. The van der Waals surface area contributed by atoms with Gasteiger partial charge in [-0.1, -0.05) is 5.16 Å². The molecule has 1 aliphatic carbocycles. The number of ketones is 1. The Morgan fingerprint density at radius 2 is 2.05 bits per heavy atom. The molecule has 21 heavy (non-hydrogen) atoms. The zero-order chi connectivity index (χ0) is 15.2. The summed E-state index contributed by atoms with van der Waals surface area (Å²) < 4.78 is 41.9. The molecule has 1 heterocycles. The first kappa shape index (κ1) is 13.9. The van der Waals surface area contributed by atoms with Crippen molar-refractivity contribution in [2.75, 3.05) is 6.26 Å². The van der Waals surface area contributed by atoms with Crippen molar-refractivity contribution in [3.63, 3.8) is 0 Å². The zero-order valence-corrected chi connectivity index (χ0v) is 12.0. The molecule has 110 valence electrons. The van der Waals surface area contributed by atoms with Crippen LogP contribution in [-0.2, 0) is 9.84 Å². The van der Waals surface area contributed by atoms with Crippen molar-refractivity contribution in [2.45, 2.75) is 23.7 Å². The molecule has 1 aromatic heterocycles. The summed E-state index contributed by atoms with van der Waals surface area (Å²) in [6, 6.07) is 3.09. The Balaban J connectivity index is 2.12. The second-order valence-electron chi connectivity index (χ2n) is 5.12. The third-order valence-corrected chi connectivity index (χ3v) is 4.52. The largest absolute Gasteiger partial charge is 0.360 e. The topological polar surface area (TPSA) is 77.2 Å². The first-order valence-corrected chi connectivity index (χ1v) is 8.26. The molecule has 0 radical (unpaired) electrons. The molecule has 1 aliphatic rings. The molecule has 0 spiro atoms. The number of halogens is 1. The van der Waals surface area contributed by atoms with Crippen LogP contribution in [-0.4, -0.2) is 25.6 Å². The monoisotopic (exact) mass is 309 g/mol. The van der Waals surface area contributed by atoms with Crippen molar-refractivity contribution in [1.29, 1.82) is 0 Å². The highest BCUT2D eigenvalue weighted by atomic mass is 32.2. The number of rotatable bonds is 4. The quantitative estimate of drug-likeness (QED) is 0.810. The van der Waals surface area contributed by atoms with Gasteiger partial charge >= 0.3 is 0 Å². The van der Waals surface area contributed by atoms with Crippen molar-refractivity contribution in [3.05, 3.63) is 47.1 Å². The first-order chi connectivity index (χ1) is 9.88. The SMILES string of the molecule is CS(=O)(=O)c1cc(F)ccc1C(=O)c1cnoc1C1CC1. The van der Waals surface area contributed by atoms with Gasteiger partial charge in [0.25, 0.3) is 0 Å². The van der Waals surface area contributed by atoms with E-state index in [4.69, 9.17) is 4.52 Å². The number of carbonyl (C=O) groups excluding carboxylic acids is 1. The minimum absolute atomic E-state index is 0.0657. The maximum absolute atomic E-state index is 13.3. The molecule has 1 fully saturated rings. The Kier molecular flexibility index (Phi) is 3.16. The molecule has 1 saturated carbocycles. The van der Waals surface area contributed by atoms with Gasteiger partial charge in [-0.25, -0.2) is 12.8 Å². The summed E-state index contributed by atoms with van der Waals surface area (Å²) in [7, 11) is -3.72. The lowest BCUT2D eigenvalue weighted by molar-refractivity contribution is 0.103. The molecule has 3 rings (SSSR count). The van der Waals surface area contributed by atoms with E-state index >= 15 is 0 Å². The highest BCUT2D eigenvalue weighted by Crippen LogP contribution is 2.42. The molecule has 0 unspecified atom stereocenters. The Labute approximate surface area is 120 Å². The smallest absolute Gasteiger partial charge is 0.199 e. The first-order valence-electron chi connectivity index (χ1n) is 6.37. The highest BCUT2D eigenvalue weighted by Gasteiger charge is 2.33. The fourth-order valence-electron chi connectivity index (χ4n) is 2.19. The molecular weight excluding hydrogens is 297 g/mol. The van der Waals surface area contributed by atoms with Crippen LogP contribution in [0.4, 0.5) is 4.39 Å². The highest BCUT2D eigenvalue weighted by molar-refractivity contribution is 7.90. The zero-order valence-electron chi connectivity index (χ0n) is 11.2. The summed E-state index contributed by atoms with van der Waals surface area (Å²) in [5.41, 5.74) is 0.179. The van der Waals surface area contributed by atoms with Crippen molar-refractivity contribution in [1.82, 2.24) is 5.16 Å². The molecule has 2 aromatic rings. The number of hydrogen-bond acceptors (Lipinski definition) is 5. The van der Waals surface area contributed by atoms with Gasteiger partial charge in [-0.2, -0.15) is 0 Å². The van der Waals surface area contributed by atoms with Gasteiger partial charge in [0, 0.05) is 17.7 Å². The van der Waals surface area contributed by atoms with E-state index in [2.05, 4.69) is 5.16 Å². The molecule has 0 saturated heterocycles. The molecule has 0 aliphatic heterocycles. The van der Waals surface area contributed by atoms with E-state index in [1.165, 1.54) is 12.3 Å². The lowest BCUT2D eigenvalue weighted by Gasteiger charge is -2.07. The van der Waals surface area contributed by atoms with E-state index in [0.717, 1.165) is 31.2 Å². The molecule has 7 heteroatoms. The van der Waals surface area contributed by atoms with Gasteiger partial charge in [-0.3, -0.25) is 4.79 Å². The number of benzene rings is 1. The summed E-state index contributed by atoms with van der Waals surface area (Å²) in [4.78, 5) is 12.2. The van der Waals surface area contributed by atoms with Crippen LogP contribution in [0.1, 0.15) is 40.4 Å². The van der Waals surface area contributed by atoms with Crippen molar-refractivity contribution in [2.24, 2.45) is 0 Å². The Morgan fingerprint density at radius 1 is 1.33 bits per heavy atom. The molecule has 5 nitrogen and oxygen atoms in total. The molecule has 1 aromatic carbocycles. The van der Waals surface area contributed by atoms with E-state index < -0.39 is 21.4 Å². The summed E-state index contributed by atoms with van der Waals surface area (Å²) in [6.45, 7) is 0. The summed E-state index contributed by atoms with van der Waals surface area (Å²) in [6.07, 6.45) is 4.05. The van der Waals surface area contributed by atoms with E-state index in [0.29, 0.717) is 5.76 Å². The number of aromatic nitrogens is 1. The van der Waals surface area contributed by atoms with Crippen molar-refractivity contribution < 1.29 is 22.1 Å². The van der Waals surface area contributed by atoms with Gasteiger partial charge in [0.15, 0.2) is 21.4 Å². The minimum Gasteiger partial charge on any atom is -0.360 e. The van der Waals surface area contributed by atoms with E-state index in [-0.39, 0.29) is 21.9 Å². The summed E-state index contributed by atoms with van der Waals surface area (Å²) >= 11 is 0. The maximum Gasteiger partial charge on any atom is 0.199 e. The number of nitrogens with zero attached hydrogens (tertiary/aromatic N) is 1. The second kappa shape index (κ2) is 4.77. The normalized spacial score (nSPS) is 15.1. The predicted octanol–water partition coefficient (Wildman–Crippen LogP) is 2.33. The second-order valence-corrected chi connectivity index (χ2v) is 7.10. The standard InChI is InChI=1S/C14H12FNO4S/c1-21(18,19)12-6-9(15)4-5-10(12)13(17)11-7-16-20-14(11)8-2-3-8/h4-8H,2-3H2,1H3. The van der Waals surface area contributed by atoms with Crippen LogP contribution < -0.4 is 0 Å². The Bertz CT molecular complexity index is 821. The molecule has 0 bridgehead atoms. The van der Waals surface area contributed by atoms with E-state index in [1.54, 1.807) is 0 Å². The Morgan fingerprint density at radius 3 is 2.67 bits per heavy atom. The molecule has 0 amide bonds. The van der Waals surface area contributed by atoms with Crippen LogP contribution in [0.25, 0.3) is 0 Å². The van der Waals surface area contributed by atoms with Crippen LogP contribution in [0.2, 0.25) is 0 Å². The molecule has 0 N–H and O–H groups in total. The van der Waals surface area contributed by atoms with Crippen molar-refractivity contribution in [3.8, 4) is 0 Å². The maximum atomic E-state index is 13.3. The van der Waals surface area contributed by atoms with E-state index in [1.807, 2.05) is 0 Å². The lowest BCUT2D eigenvalue weighted by Crippen LogP contribution is -2.10. The van der Waals surface area contributed by atoms with Gasteiger partial charge in [-0.15, -0.1) is 0 Å². The van der Waals surface area contributed by atoms with Crippen LogP contribution in [0, 0.1) is 5.82 Å². The van der Waals surface area contributed by atoms with Crippen LogP contribution in [0.5, 0.6) is 0 Å². The summed E-state index contributed by atoms with van der Waals surface area (Å²) in [5.74, 6) is -0.587. The van der Waals surface area contributed by atoms with Gasteiger partial charge < -0.3 is 4.52 Å². The Hall–Kier alpha value is -2.02. The van der Waals surface area contributed by atoms with Crippen LogP contribution >= 0.6 is 0 Å². The third kappa shape index (κ3) is 2.61. The number of hydrogen-bond donors (Lipinski definition) is 0. The van der Waals surface area contributed by atoms with Gasteiger partial charge in [0.05, 0.1) is 16.7 Å². The number of sulfone groups is 1. The predicted molar refractivity (Wildman–Crippen MR) is 71.4 cm³/mol. The lowest BCUT2D eigenvalue weighted by atomic mass is 10.0. The van der Waals surface area contributed by atoms with Gasteiger partial charge in [-0.05, 0) is 31.0 Å². The third-order valence-electron chi connectivity index (χ3n) is 3.38. The van der Waals surface area contributed by atoms with E-state index in [9.17, 15) is 17.6 Å². The van der Waals surface area contributed by atoms with Gasteiger partial charge in [0.2, 0.25) is 0 Å². The van der Waals surface area contributed by atoms with Crippen LogP contribution in [0.3, 0.4) is 0 Å². The fourth-order valence-corrected chi connectivity index (χ4v) is 3.08. The summed E-state index contributed by atoms with van der Waals surface area (Å²) in [5, 5.41) is 3.62. The average Bonchev–Trinajstić information content (AvgIpc) is 3.14. The van der Waals surface area contributed by atoms with Crippen LogP contribution in [0.15, 0.2) is 33.8 Å². The fraction of sp³-hybridized carbons (Fsp3) is 0.286. The number of carbonyl (C=O) groups is 1. The molecule has 0 atom stereocenters. The molecular formula is C14H12FNO4S. The van der Waals surface area contributed by atoms with Gasteiger partial charge in [0.1, 0.15) is 5.82 Å². The average molecular weight is 309 g/mol. The van der Waals surface area contributed by atoms with Crippen molar-refractivity contribution >= 4 is 15.6 Å².